The van der Waals surface area contributed by atoms with E-state index in [1.165, 1.54) is 4.90 Å². The van der Waals surface area contributed by atoms with Gasteiger partial charge in [-0.2, -0.15) is 0 Å². The lowest BCUT2D eigenvalue weighted by atomic mass is 9.80. The van der Waals surface area contributed by atoms with Crippen LogP contribution in [0.4, 0.5) is 11.4 Å². The molecule has 1 saturated heterocycles. The number of rotatable bonds is 2. The molecular formula is C26H28ClN3O2S. The van der Waals surface area contributed by atoms with Crippen molar-refractivity contribution in [1.29, 1.82) is 0 Å². The van der Waals surface area contributed by atoms with Crippen molar-refractivity contribution in [3.05, 3.63) is 63.2 Å². The first kappa shape index (κ1) is 23.5. The van der Waals surface area contributed by atoms with E-state index in [0.717, 1.165) is 28.8 Å². The summed E-state index contributed by atoms with van der Waals surface area (Å²) in [7, 11) is 2.07. The zero-order valence-electron chi connectivity index (χ0n) is 19.7. The van der Waals surface area contributed by atoms with Crippen molar-refractivity contribution in [3.8, 4) is 0 Å². The average molecular weight is 482 g/mol. The number of hydrogen-bond donors (Lipinski definition) is 1. The molecule has 2 aliphatic rings. The van der Waals surface area contributed by atoms with Gasteiger partial charge in [0.05, 0.1) is 5.69 Å². The Bertz CT molecular complexity index is 1210. The maximum Gasteiger partial charge on any atom is 0.270 e. The highest BCUT2D eigenvalue weighted by Crippen LogP contribution is 2.44. The van der Waals surface area contributed by atoms with Gasteiger partial charge in [0.1, 0.15) is 5.57 Å². The molecule has 2 amide bonds. The van der Waals surface area contributed by atoms with Crippen LogP contribution in [0.5, 0.6) is 0 Å². The summed E-state index contributed by atoms with van der Waals surface area (Å²) >= 11 is 12.0. The predicted molar refractivity (Wildman–Crippen MR) is 139 cm³/mol. The summed E-state index contributed by atoms with van der Waals surface area (Å²) in [4.78, 5) is 29.8. The van der Waals surface area contributed by atoms with Crippen LogP contribution in [0, 0.1) is 13.8 Å². The number of nitrogens with one attached hydrogen (secondary N) is 1. The molecule has 0 spiro atoms. The molecule has 172 valence electrons. The summed E-state index contributed by atoms with van der Waals surface area (Å²) in [6, 6.07) is 9.69. The second kappa shape index (κ2) is 8.26. The fraction of sp³-hybridized carbons (Fsp3) is 0.346. The van der Waals surface area contributed by atoms with Crippen LogP contribution in [-0.2, 0) is 9.59 Å². The molecule has 33 heavy (non-hydrogen) atoms. The molecule has 1 fully saturated rings. The summed E-state index contributed by atoms with van der Waals surface area (Å²) in [6.07, 6.45) is 2.56. The number of carbonyl (C=O) groups excluding carboxylic acids is 2. The number of halogens is 1. The number of fused-ring (bicyclic) bond motifs is 1. The molecule has 1 atom stereocenters. The van der Waals surface area contributed by atoms with E-state index in [4.69, 9.17) is 23.8 Å². The second-order valence-corrected chi connectivity index (χ2v) is 10.5. The smallest absolute Gasteiger partial charge is 0.270 e. The molecule has 0 saturated carbocycles. The minimum Gasteiger partial charge on any atom is -0.369 e. The first-order valence-corrected chi connectivity index (χ1v) is 11.7. The zero-order chi connectivity index (χ0) is 24.2. The van der Waals surface area contributed by atoms with Crippen molar-refractivity contribution in [2.45, 2.75) is 52.5 Å². The molecule has 0 aromatic heterocycles. The third kappa shape index (κ3) is 4.18. The molecule has 5 nitrogen and oxygen atoms in total. The van der Waals surface area contributed by atoms with Gasteiger partial charge in [-0.3, -0.25) is 19.8 Å². The van der Waals surface area contributed by atoms with E-state index < -0.39 is 11.8 Å². The maximum atomic E-state index is 13.4. The van der Waals surface area contributed by atoms with Crippen molar-refractivity contribution >= 4 is 58.2 Å². The Morgan fingerprint density at radius 1 is 1.12 bits per heavy atom. The monoisotopic (exact) mass is 481 g/mol. The summed E-state index contributed by atoms with van der Waals surface area (Å²) in [5.74, 6) is -0.671. The van der Waals surface area contributed by atoms with Gasteiger partial charge < -0.3 is 4.90 Å². The Labute approximate surface area is 205 Å². The van der Waals surface area contributed by atoms with Crippen LogP contribution in [0.2, 0.25) is 5.02 Å². The molecule has 2 aromatic carbocycles. The van der Waals surface area contributed by atoms with Gasteiger partial charge in [0.2, 0.25) is 0 Å². The number of amides is 2. The van der Waals surface area contributed by atoms with Crippen LogP contribution in [0.1, 0.15) is 55.4 Å². The Balaban J connectivity index is 1.78. The van der Waals surface area contributed by atoms with E-state index in [1.807, 2.05) is 44.2 Å². The van der Waals surface area contributed by atoms with Crippen molar-refractivity contribution in [3.63, 3.8) is 0 Å². The van der Waals surface area contributed by atoms with Crippen molar-refractivity contribution in [1.82, 2.24) is 5.32 Å². The molecule has 0 radical (unpaired) electrons. The number of thiocarbonyl (C=S) groups is 1. The molecule has 2 aliphatic heterocycles. The van der Waals surface area contributed by atoms with Crippen molar-refractivity contribution in [2.24, 2.45) is 0 Å². The van der Waals surface area contributed by atoms with Crippen molar-refractivity contribution < 1.29 is 9.59 Å². The molecule has 0 bridgehead atoms. The van der Waals surface area contributed by atoms with E-state index in [9.17, 15) is 9.59 Å². The summed E-state index contributed by atoms with van der Waals surface area (Å²) < 4.78 is 0. The number of aryl methyl sites for hydroxylation is 2. The number of carbonyl (C=O) groups is 2. The molecule has 0 aliphatic carbocycles. The molecule has 2 aromatic rings. The summed E-state index contributed by atoms with van der Waals surface area (Å²) in [6.45, 7) is 10.5. The topological polar surface area (TPSA) is 52.7 Å². The van der Waals surface area contributed by atoms with Gasteiger partial charge in [-0.05, 0) is 105 Å². The highest BCUT2D eigenvalue weighted by atomic mass is 35.5. The van der Waals surface area contributed by atoms with Gasteiger partial charge in [0, 0.05) is 23.3 Å². The van der Waals surface area contributed by atoms with Crippen LogP contribution in [0.3, 0.4) is 0 Å². The normalized spacial score (nSPS) is 21.4. The third-order valence-corrected chi connectivity index (χ3v) is 7.23. The van der Waals surface area contributed by atoms with E-state index in [2.05, 4.69) is 38.0 Å². The van der Waals surface area contributed by atoms with Gasteiger partial charge >= 0.3 is 0 Å². The Kier molecular flexibility index (Phi) is 5.87. The Morgan fingerprint density at radius 3 is 2.39 bits per heavy atom. The first-order valence-electron chi connectivity index (χ1n) is 11.0. The van der Waals surface area contributed by atoms with Gasteiger partial charge in [-0.1, -0.05) is 24.6 Å². The number of benzene rings is 2. The van der Waals surface area contributed by atoms with Gasteiger partial charge in [0.25, 0.3) is 11.8 Å². The summed E-state index contributed by atoms with van der Waals surface area (Å²) in [5, 5.41) is 3.21. The van der Waals surface area contributed by atoms with E-state index in [0.29, 0.717) is 22.2 Å². The van der Waals surface area contributed by atoms with Gasteiger partial charge in [-0.15, -0.1) is 0 Å². The van der Waals surface area contributed by atoms with E-state index in [-0.39, 0.29) is 16.2 Å². The fourth-order valence-electron chi connectivity index (χ4n) is 4.84. The highest BCUT2D eigenvalue weighted by molar-refractivity contribution is 7.80. The van der Waals surface area contributed by atoms with Crippen LogP contribution in [0.15, 0.2) is 35.9 Å². The maximum absolute atomic E-state index is 13.4. The minimum absolute atomic E-state index is 0.00163. The van der Waals surface area contributed by atoms with Crippen LogP contribution in [-0.4, -0.2) is 29.5 Å². The minimum atomic E-state index is -0.522. The van der Waals surface area contributed by atoms with Crippen LogP contribution in [0.25, 0.3) is 6.08 Å². The zero-order valence-corrected chi connectivity index (χ0v) is 21.3. The lowest BCUT2D eigenvalue weighted by Gasteiger charge is -2.45. The predicted octanol–water partition coefficient (Wildman–Crippen LogP) is 5.51. The summed E-state index contributed by atoms with van der Waals surface area (Å²) in [5.41, 5.74) is 5.51. The molecule has 1 N–H and O–H groups in total. The van der Waals surface area contributed by atoms with Gasteiger partial charge in [-0.25, -0.2) is 0 Å². The second-order valence-electron chi connectivity index (χ2n) is 9.71. The van der Waals surface area contributed by atoms with Gasteiger partial charge in [0.15, 0.2) is 5.11 Å². The van der Waals surface area contributed by atoms with Crippen LogP contribution >= 0.6 is 23.8 Å². The molecule has 7 heteroatoms. The average Bonchev–Trinajstić information content (AvgIpc) is 2.69. The number of nitrogens with zero attached hydrogens (tertiary/aromatic N) is 2. The molecule has 4 rings (SSSR count). The lowest BCUT2D eigenvalue weighted by Crippen LogP contribution is -2.54. The SMILES string of the molecule is Cc1cc(C)cc(N2C(=O)/C(=C\c3cc4c(cc3Cl)N(C)C(C)(C)CC4C)C(=O)NC2=S)c1. The largest absolute Gasteiger partial charge is 0.369 e. The quantitative estimate of drug-likeness (QED) is 0.349. The molecule has 2 heterocycles. The fourth-order valence-corrected chi connectivity index (χ4v) is 5.34. The highest BCUT2D eigenvalue weighted by Gasteiger charge is 2.36. The Morgan fingerprint density at radius 2 is 1.76 bits per heavy atom. The molecular weight excluding hydrogens is 454 g/mol. The van der Waals surface area contributed by atoms with Crippen molar-refractivity contribution in [2.75, 3.05) is 16.8 Å². The number of anilines is 2. The number of hydrogen-bond acceptors (Lipinski definition) is 4. The Hall–Kier alpha value is -2.70. The lowest BCUT2D eigenvalue weighted by molar-refractivity contribution is -0.122. The molecule has 1 unspecified atom stereocenters. The standard InChI is InChI=1S/C26H28ClN3O2S/c1-14-7-15(2)9-18(8-14)30-24(32)20(23(31)28-25(30)33)11-17-10-19-16(3)13-26(4,5)29(6)22(19)12-21(17)27/h7-12,16H,13H2,1-6H3,(H,28,31,33)/b20-11-. The van der Waals surface area contributed by atoms with E-state index in [1.54, 1.807) is 6.08 Å². The third-order valence-electron chi connectivity index (χ3n) is 6.62. The first-order chi connectivity index (χ1) is 15.4. The van der Waals surface area contributed by atoms with E-state index >= 15 is 0 Å². The van der Waals surface area contributed by atoms with Crippen LogP contribution < -0.4 is 15.1 Å².